The Labute approximate surface area is 151 Å². The van der Waals surface area contributed by atoms with Crippen LogP contribution in [0.3, 0.4) is 0 Å². The molecule has 25 heavy (non-hydrogen) atoms. The third-order valence-electron chi connectivity index (χ3n) is 3.22. The van der Waals surface area contributed by atoms with Gasteiger partial charge in [-0.05, 0) is 36.4 Å². The molecule has 1 heterocycles. The average Bonchev–Trinajstić information content (AvgIpc) is 2.90. The van der Waals surface area contributed by atoms with Gasteiger partial charge >= 0.3 is 0 Å². The van der Waals surface area contributed by atoms with E-state index >= 15 is 0 Å². The monoisotopic (exact) mass is 396 g/mol. The van der Waals surface area contributed by atoms with E-state index in [0.717, 1.165) is 35.6 Å². The number of carbonyl (C=O) groups is 1. The highest BCUT2D eigenvalue weighted by Gasteiger charge is 2.17. The first kappa shape index (κ1) is 17.5. The number of hydrogen-bond donors (Lipinski definition) is 0. The number of thiazole rings is 1. The number of aldehydes is 1. The van der Waals surface area contributed by atoms with Crippen LogP contribution in [0.5, 0.6) is 0 Å². The zero-order valence-corrected chi connectivity index (χ0v) is 14.9. The zero-order valence-electron chi connectivity index (χ0n) is 12.5. The van der Waals surface area contributed by atoms with Gasteiger partial charge in [-0.15, -0.1) is 4.40 Å². The fourth-order valence-corrected chi connectivity index (χ4v) is 4.49. The minimum Gasteiger partial charge on any atom is -0.297 e. The molecule has 0 saturated carbocycles. The van der Waals surface area contributed by atoms with Gasteiger partial charge in [0.15, 0.2) is 6.29 Å². The Morgan fingerprint density at radius 2 is 1.72 bits per heavy atom. The predicted octanol–water partition coefficient (Wildman–Crippen LogP) is 3.43. The molecule has 5 nitrogen and oxygen atoms in total. The van der Waals surface area contributed by atoms with Gasteiger partial charge in [-0.3, -0.25) is 9.36 Å². The molecular weight excluding hydrogens is 387 g/mol. The highest BCUT2D eigenvalue weighted by molar-refractivity contribution is 7.90. The van der Waals surface area contributed by atoms with Gasteiger partial charge < -0.3 is 0 Å². The van der Waals surface area contributed by atoms with E-state index in [0.29, 0.717) is 12.0 Å². The van der Waals surface area contributed by atoms with Crippen LogP contribution in [0.15, 0.2) is 63.9 Å². The molecule has 0 bridgehead atoms. The highest BCUT2D eigenvalue weighted by atomic mass is 35.5. The lowest BCUT2D eigenvalue weighted by atomic mass is 10.3. The van der Waals surface area contributed by atoms with Crippen LogP contribution in [0.25, 0.3) is 5.69 Å². The van der Waals surface area contributed by atoms with E-state index in [2.05, 4.69) is 4.40 Å². The molecule has 0 aliphatic rings. The van der Waals surface area contributed by atoms with E-state index in [4.69, 9.17) is 11.6 Å². The molecule has 0 aliphatic heterocycles. The third kappa shape index (κ3) is 3.55. The standard InChI is InChI=1S/C16H10ClFN2O3S2/c17-15-14(10-21)24-16(20(15)12-4-2-1-3-5-12)19-25(22,23)13-8-6-11(18)7-9-13/h1-10H/b19-16+. The Hall–Kier alpha value is -2.29. The molecular formula is C16H10ClFN2O3S2. The normalized spacial score (nSPS) is 12.3. The molecule has 0 atom stereocenters. The summed E-state index contributed by atoms with van der Waals surface area (Å²) in [5, 5.41) is 0.0688. The van der Waals surface area contributed by atoms with Crippen molar-refractivity contribution >= 4 is 39.2 Å². The lowest BCUT2D eigenvalue weighted by Gasteiger charge is -2.04. The lowest BCUT2D eigenvalue weighted by Crippen LogP contribution is -2.15. The molecule has 9 heteroatoms. The second kappa shape index (κ2) is 6.91. The fourth-order valence-electron chi connectivity index (χ4n) is 2.08. The first-order valence-corrected chi connectivity index (χ1v) is 9.54. The summed E-state index contributed by atoms with van der Waals surface area (Å²) in [7, 11) is -4.10. The minimum atomic E-state index is -4.10. The van der Waals surface area contributed by atoms with Crippen molar-refractivity contribution in [1.29, 1.82) is 0 Å². The molecule has 0 saturated heterocycles. The number of carbonyl (C=O) groups excluding carboxylic acids is 1. The van der Waals surface area contributed by atoms with E-state index in [1.54, 1.807) is 30.3 Å². The number of benzene rings is 2. The highest BCUT2D eigenvalue weighted by Crippen LogP contribution is 2.22. The van der Waals surface area contributed by atoms with Crippen molar-refractivity contribution < 1.29 is 17.6 Å². The summed E-state index contributed by atoms with van der Waals surface area (Å²) in [5.74, 6) is -0.555. The topological polar surface area (TPSA) is 68.5 Å². The van der Waals surface area contributed by atoms with E-state index in [1.165, 1.54) is 4.57 Å². The van der Waals surface area contributed by atoms with E-state index in [-0.39, 0.29) is 19.7 Å². The summed E-state index contributed by atoms with van der Waals surface area (Å²) in [6, 6.07) is 13.0. The van der Waals surface area contributed by atoms with Crippen LogP contribution in [-0.4, -0.2) is 19.3 Å². The van der Waals surface area contributed by atoms with Gasteiger partial charge in [0.2, 0.25) is 4.80 Å². The van der Waals surface area contributed by atoms with E-state index < -0.39 is 15.8 Å². The van der Waals surface area contributed by atoms with Crippen molar-refractivity contribution in [2.24, 2.45) is 4.40 Å². The molecule has 1 aromatic heterocycles. The van der Waals surface area contributed by atoms with Crippen molar-refractivity contribution in [2.45, 2.75) is 4.90 Å². The van der Waals surface area contributed by atoms with Gasteiger partial charge in [0, 0.05) is 5.69 Å². The average molecular weight is 397 g/mol. The zero-order chi connectivity index (χ0) is 18.0. The van der Waals surface area contributed by atoms with Crippen molar-refractivity contribution in [3.63, 3.8) is 0 Å². The van der Waals surface area contributed by atoms with Crippen molar-refractivity contribution in [2.75, 3.05) is 0 Å². The quantitative estimate of drug-likeness (QED) is 0.634. The summed E-state index contributed by atoms with van der Waals surface area (Å²) in [4.78, 5) is 11.2. The number of aromatic nitrogens is 1. The van der Waals surface area contributed by atoms with Gasteiger partial charge in [0.1, 0.15) is 15.8 Å². The first-order chi connectivity index (χ1) is 11.9. The smallest absolute Gasteiger partial charge is 0.285 e. The van der Waals surface area contributed by atoms with Gasteiger partial charge in [0.05, 0.1) is 4.90 Å². The first-order valence-electron chi connectivity index (χ1n) is 6.91. The van der Waals surface area contributed by atoms with Crippen LogP contribution in [0.1, 0.15) is 9.67 Å². The third-order valence-corrected chi connectivity index (χ3v) is 6.07. The molecule has 128 valence electrons. The van der Waals surface area contributed by atoms with Crippen molar-refractivity contribution in [1.82, 2.24) is 4.57 Å². The minimum absolute atomic E-state index is 0.0163. The molecule has 0 amide bonds. The number of hydrogen-bond acceptors (Lipinski definition) is 4. The van der Waals surface area contributed by atoms with Crippen LogP contribution in [0, 0.1) is 5.82 Å². The summed E-state index contributed by atoms with van der Waals surface area (Å²) in [5.41, 5.74) is 0.560. The second-order valence-electron chi connectivity index (χ2n) is 4.85. The summed E-state index contributed by atoms with van der Waals surface area (Å²) in [6.07, 6.45) is 0.538. The van der Waals surface area contributed by atoms with Gasteiger partial charge in [0.25, 0.3) is 10.0 Å². The molecule has 0 spiro atoms. The second-order valence-corrected chi connectivity index (χ2v) is 7.82. The SMILES string of the molecule is O=Cc1s/c(=N/S(=O)(=O)c2ccc(F)cc2)n(-c2ccccc2)c1Cl. The van der Waals surface area contributed by atoms with Crippen LogP contribution >= 0.6 is 22.9 Å². The Morgan fingerprint density at radius 3 is 2.32 bits per heavy atom. The van der Waals surface area contributed by atoms with Gasteiger partial charge in [-0.25, -0.2) is 4.39 Å². The molecule has 3 rings (SSSR count). The van der Waals surface area contributed by atoms with Crippen LogP contribution in [0.4, 0.5) is 4.39 Å². The summed E-state index contributed by atoms with van der Waals surface area (Å²) >= 11 is 7.05. The number of sulfonamides is 1. The molecule has 0 unspecified atom stereocenters. The molecule has 3 aromatic rings. The van der Waals surface area contributed by atoms with Crippen molar-refractivity contribution in [3.8, 4) is 5.69 Å². The maximum Gasteiger partial charge on any atom is 0.285 e. The summed E-state index contributed by atoms with van der Waals surface area (Å²) < 4.78 is 43.1. The fraction of sp³-hybridized carbons (Fsp3) is 0. The predicted molar refractivity (Wildman–Crippen MR) is 93.2 cm³/mol. The van der Waals surface area contributed by atoms with Crippen LogP contribution in [-0.2, 0) is 10.0 Å². The Balaban J connectivity index is 2.25. The Morgan fingerprint density at radius 1 is 1.08 bits per heavy atom. The van der Waals surface area contributed by atoms with E-state index in [9.17, 15) is 17.6 Å². The Kier molecular flexibility index (Phi) is 4.85. The number of rotatable bonds is 4. The summed E-state index contributed by atoms with van der Waals surface area (Å²) in [6.45, 7) is 0. The number of halogens is 2. The maximum absolute atomic E-state index is 13.0. The van der Waals surface area contributed by atoms with Crippen LogP contribution < -0.4 is 4.80 Å². The molecule has 0 N–H and O–H groups in total. The maximum atomic E-state index is 13.0. The van der Waals surface area contributed by atoms with Crippen molar-refractivity contribution in [3.05, 3.63) is 75.2 Å². The lowest BCUT2D eigenvalue weighted by molar-refractivity contribution is 0.112. The number of para-hydroxylation sites is 1. The van der Waals surface area contributed by atoms with Gasteiger partial charge in [-0.1, -0.05) is 41.1 Å². The number of nitrogens with zero attached hydrogens (tertiary/aromatic N) is 2. The van der Waals surface area contributed by atoms with E-state index in [1.807, 2.05) is 0 Å². The molecule has 2 aromatic carbocycles. The molecule has 0 radical (unpaired) electrons. The largest absolute Gasteiger partial charge is 0.297 e. The molecule has 0 fully saturated rings. The Bertz CT molecular complexity index is 1090. The molecule has 0 aliphatic carbocycles. The van der Waals surface area contributed by atoms with Gasteiger partial charge in [-0.2, -0.15) is 8.42 Å². The van der Waals surface area contributed by atoms with Crippen LogP contribution in [0.2, 0.25) is 5.15 Å².